The molecule has 2 heterocycles. The van der Waals surface area contributed by atoms with Crippen molar-refractivity contribution in [1.82, 2.24) is 29.9 Å². The van der Waals surface area contributed by atoms with E-state index in [9.17, 15) is 10.0 Å². The first-order valence-corrected chi connectivity index (χ1v) is 41.2. The van der Waals surface area contributed by atoms with Crippen molar-refractivity contribution >= 4 is 32.6 Å². The number of hydrogen-bond donors (Lipinski definition) is 2. The fourth-order valence-corrected chi connectivity index (χ4v) is 19.4. The predicted molar refractivity (Wildman–Crippen MR) is 494 cm³/mol. The van der Waals surface area contributed by atoms with Crippen LogP contribution < -0.4 is 5.46 Å². The summed E-state index contributed by atoms with van der Waals surface area (Å²) in [7, 11) is -1.52. The van der Waals surface area contributed by atoms with E-state index in [1.807, 2.05) is 158 Å². The van der Waals surface area contributed by atoms with Gasteiger partial charge in [-0.25, -0.2) is 29.9 Å². The molecule has 22 rings (SSSR count). The van der Waals surface area contributed by atoms with Crippen LogP contribution >= 0.6 is 11.6 Å². The molecule has 18 aromatic rings. The average molecular weight is 1570 g/mol. The Morgan fingerprint density at radius 3 is 0.793 bits per heavy atom. The molecular formula is C110H80B2ClN6O2. The van der Waals surface area contributed by atoms with Gasteiger partial charge >= 0.3 is 7.12 Å². The second kappa shape index (κ2) is 31.3. The normalized spacial score (nSPS) is 13.6. The standard InChI is InChI=1S/C55H39N3.C28H21Cl.C27H20BN3O2.B/c1-54(2)47-27-11-13-29-49(47)55(50-30-14-12-28-48(50)54)45-26-10-9-25-43(45)44-35-41(31-32-46(44)55)39-22-15-21-38(33-39)40-23-16-24-42(34-40)53-57-51(36-17-5-3-6-18-36)56-52(58-53)37-19-7-4-8-20-37;1-27(2)23-11-5-7-13-25(23)28(26-14-8-6-12-24(26)27)21-10-4-3-9-19(21)20-17-18(29)15-16-22(20)28;32-28(33)24-16-8-14-22(18-24)21-13-7-15-23(17-21)27-30-25(19-9-3-1-4-10-19)29-26(31-27)20-11-5-2-6-12-20;/h3-35H,1-2H3;3-17H,1-2H3;1-18,32-33H;. The van der Waals surface area contributed by atoms with Crippen LogP contribution in [-0.2, 0) is 21.7 Å². The number of hydrogen-bond acceptors (Lipinski definition) is 8. The zero-order valence-electron chi connectivity index (χ0n) is 67.2. The van der Waals surface area contributed by atoms with Gasteiger partial charge in [0.1, 0.15) is 0 Å². The van der Waals surface area contributed by atoms with Crippen LogP contribution in [0.25, 0.3) is 124 Å². The van der Waals surface area contributed by atoms with Crippen LogP contribution in [-0.4, -0.2) is 55.5 Å². The lowest BCUT2D eigenvalue weighted by Gasteiger charge is -2.46. The molecule has 4 aliphatic carbocycles. The van der Waals surface area contributed by atoms with Crippen LogP contribution in [0.15, 0.2) is 400 Å². The number of nitrogens with zero attached hydrogens (tertiary/aromatic N) is 6. The Morgan fingerprint density at radius 1 is 0.207 bits per heavy atom. The van der Waals surface area contributed by atoms with Gasteiger partial charge in [-0.05, 0) is 164 Å². The van der Waals surface area contributed by atoms with Crippen LogP contribution in [0.1, 0.15) is 94.5 Å². The van der Waals surface area contributed by atoms with Crippen molar-refractivity contribution in [2.75, 3.05) is 0 Å². The summed E-state index contributed by atoms with van der Waals surface area (Å²) < 4.78 is 0. The molecule has 575 valence electrons. The highest BCUT2D eigenvalue weighted by atomic mass is 35.5. The van der Waals surface area contributed by atoms with Crippen molar-refractivity contribution < 1.29 is 10.0 Å². The Balaban J connectivity index is 0.000000130. The molecule has 0 bridgehead atoms. The quantitative estimate of drug-likeness (QED) is 0.130. The first kappa shape index (κ1) is 76.8. The third kappa shape index (κ3) is 13.2. The molecule has 0 atom stereocenters. The van der Waals surface area contributed by atoms with Crippen LogP contribution in [0.2, 0.25) is 5.02 Å². The summed E-state index contributed by atoms with van der Waals surface area (Å²) in [5.41, 5.74) is 33.1. The summed E-state index contributed by atoms with van der Waals surface area (Å²) in [5.74, 6) is 3.74. The maximum atomic E-state index is 9.53. The number of rotatable bonds is 10. The Hall–Kier alpha value is -14.1. The molecule has 2 aromatic heterocycles. The molecule has 0 unspecified atom stereocenters. The molecule has 0 saturated carbocycles. The molecule has 8 nitrogen and oxygen atoms in total. The lowest BCUT2D eigenvalue weighted by Crippen LogP contribution is -2.40. The van der Waals surface area contributed by atoms with Crippen molar-refractivity contribution in [2.45, 2.75) is 49.4 Å². The SMILES string of the molecule is CC1(C)c2ccccc2C2(c3ccccc3-c3cc(-c4cccc(-c5cccc(-c6nc(-c7ccccc7)nc(-c7ccccc7)n6)c5)c4)ccc32)c2ccccc21.CC1(C)c2ccccc2C2(c3ccccc3-c3cc(Cl)ccc32)c2ccccc21.OB(O)c1cccc(-c2cccc(-c3nc(-c4ccccc4)nc(-c4ccccc4)n3)c2)c1.[B]. The summed E-state index contributed by atoms with van der Waals surface area (Å²) >= 11 is 6.46. The highest BCUT2D eigenvalue weighted by Gasteiger charge is 2.55. The van der Waals surface area contributed by atoms with Crippen LogP contribution in [0.3, 0.4) is 0 Å². The molecule has 11 heteroatoms. The van der Waals surface area contributed by atoms with Crippen molar-refractivity contribution in [3.05, 3.63) is 472 Å². The van der Waals surface area contributed by atoms with Crippen molar-refractivity contribution in [3.8, 4) is 124 Å². The van der Waals surface area contributed by atoms with Gasteiger partial charge in [0, 0.05) is 57.6 Å². The first-order valence-electron chi connectivity index (χ1n) is 40.8. The van der Waals surface area contributed by atoms with Gasteiger partial charge in [0.2, 0.25) is 0 Å². The fraction of sp³-hybridized carbons (Fsp3) is 0.0727. The van der Waals surface area contributed by atoms with E-state index in [1.165, 1.54) is 100 Å². The summed E-state index contributed by atoms with van der Waals surface area (Å²) in [4.78, 5) is 29.2. The van der Waals surface area contributed by atoms with Gasteiger partial charge in [-0.15, -0.1) is 0 Å². The maximum absolute atomic E-state index is 9.53. The first-order chi connectivity index (χ1) is 58.7. The van der Waals surface area contributed by atoms with Gasteiger partial charge < -0.3 is 10.0 Å². The Morgan fingerprint density at radius 2 is 0.446 bits per heavy atom. The lowest BCUT2D eigenvalue weighted by molar-refractivity contribution is 0.426. The summed E-state index contributed by atoms with van der Waals surface area (Å²) in [6.07, 6.45) is 0. The molecule has 2 N–H and O–H groups in total. The predicted octanol–water partition coefficient (Wildman–Crippen LogP) is 24.4. The van der Waals surface area contributed by atoms with E-state index in [4.69, 9.17) is 41.5 Å². The number of fused-ring (bicyclic) bond motifs is 18. The largest absolute Gasteiger partial charge is 0.488 e. The van der Waals surface area contributed by atoms with E-state index in [0.29, 0.717) is 40.4 Å². The van der Waals surface area contributed by atoms with Crippen LogP contribution in [0.5, 0.6) is 0 Å². The minimum atomic E-state index is -1.52. The molecule has 2 spiro atoms. The Kier molecular flexibility index (Phi) is 19.9. The summed E-state index contributed by atoms with van der Waals surface area (Å²) in [6, 6.07) is 140. The van der Waals surface area contributed by atoms with E-state index in [2.05, 4.69) is 252 Å². The van der Waals surface area contributed by atoms with Crippen molar-refractivity contribution in [1.29, 1.82) is 0 Å². The minimum absolute atomic E-state index is 0. The van der Waals surface area contributed by atoms with E-state index in [1.54, 1.807) is 18.2 Å². The van der Waals surface area contributed by atoms with Gasteiger partial charge in [0.25, 0.3) is 0 Å². The van der Waals surface area contributed by atoms with Crippen LogP contribution in [0, 0.1) is 0 Å². The molecule has 16 aromatic carbocycles. The number of benzene rings is 16. The summed E-state index contributed by atoms with van der Waals surface area (Å²) in [5, 5.41) is 19.9. The van der Waals surface area contributed by atoms with Gasteiger partial charge in [-0.1, -0.05) is 403 Å². The van der Waals surface area contributed by atoms with Gasteiger partial charge in [-0.2, -0.15) is 0 Å². The third-order valence-electron chi connectivity index (χ3n) is 24.8. The summed E-state index contributed by atoms with van der Waals surface area (Å²) in [6.45, 7) is 9.44. The highest BCUT2D eigenvalue weighted by molar-refractivity contribution is 6.58. The molecule has 121 heavy (non-hydrogen) atoms. The Bertz CT molecular complexity index is 6790. The molecule has 4 aliphatic rings. The van der Waals surface area contributed by atoms with Crippen LogP contribution in [0.4, 0.5) is 0 Å². The molecule has 0 fully saturated rings. The van der Waals surface area contributed by atoms with Gasteiger partial charge in [0.15, 0.2) is 34.9 Å². The Labute approximate surface area is 713 Å². The average Bonchev–Trinajstić information content (AvgIpc) is 1.54. The van der Waals surface area contributed by atoms with E-state index in [0.717, 1.165) is 60.7 Å². The zero-order valence-corrected chi connectivity index (χ0v) is 68.0. The molecule has 0 amide bonds. The second-order valence-corrected chi connectivity index (χ2v) is 32.7. The maximum Gasteiger partial charge on any atom is 0.488 e. The third-order valence-corrected chi connectivity index (χ3v) is 25.0. The second-order valence-electron chi connectivity index (χ2n) is 32.3. The molecule has 3 radical (unpaired) electrons. The lowest BCUT2D eigenvalue weighted by atomic mass is 9.55. The highest BCUT2D eigenvalue weighted by Crippen LogP contribution is 2.64. The van der Waals surface area contributed by atoms with E-state index in [-0.39, 0.29) is 24.7 Å². The number of aromatic nitrogens is 6. The fourth-order valence-electron chi connectivity index (χ4n) is 19.2. The molecule has 0 aliphatic heterocycles. The number of halogens is 1. The molecule has 0 saturated heterocycles. The van der Waals surface area contributed by atoms with Gasteiger partial charge in [-0.3, -0.25) is 0 Å². The van der Waals surface area contributed by atoms with E-state index >= 15 is 0 Å². The topological polar surface area (TPSA) is 118 Å². The van der Waals surface area contributed by atoms with Crippen molar-refractivity contribution in [2.24, 2.45) is 0 Å². The monoisotopic (exact) mass is 1570 g/mol. The smallest absolute Gasteiger partial charge is 0.423 e. The van der Waals surface area contributed by atoms with Crippen molar-refractivity contribution in [3.63, 3.8) is 0 Å². The minimum Gasteiger partial charge on any atom is -0.423 e. The molecular weight excluding hydrogens is 1490 g/mol. The van der Waals surface area contributed by atoms with Gasteiger partial charge in [0.05, 0.1) is 10.8 Å². The zero-order chi connectivity index (χ0) is 81.3. The van der Waals surface area contributed by atoms with E-state index < -0.39 is 12.5 Å².